The average molecular weight is 350 g/mol. The molecule has 2 rings (SSSR count). The second-order valence-electron chi connectivity index (χ2n) is 3.94. The van der Waals surface area contributed by atoms with Crippen molar-refractivity contribution in [3.63, 3.8) is 0 Å². The maximum Gasteiger partial charge on any atom is 0.141 e. The monoisotopic (exact) mass is 348 g/mol. The van der Waals surface area contributed by atoms with Crippen molar-refractivity contribution in [1.29, 1.82) is 0 Å². The highest BCUT2D eigenvalue weighted by Gasteiger charge is 2.32. The van der Waals surface area contributed by atoms with E-state index in [4.69, 9.17) is 9.47 Å². The summed E-state index contributed by atoms with van der Waals surface area (Å²) in [5.74, 6) is 2.42. The molecule has 0 bridgehead atoms. The summed E-state index contributed by atoms with van der Waals surface area (Å²) in [6.07, 6.45) is 2.59. The zero-order chi connectivity index (χ0) is 11.7. The quantitative estimate of drug-likeness (QED) is 0.754. The Balaban J connectivity index is 2.40. The topological polar surface area (TPSA) is 18.5 Å². The number of benzene rings is 1. The van der Waals surface area contributed by atoms with Gasteiger partial charge in [-0.05, 0) is 40.8 Å². The van der Waals surface area contributed by atoms with Gasteiger partial charge < -0.3 is 9.47 Å². The molecule has 0 saturated heterocycles. The Hall–Kier alpha value is -0.220. The van der Waals surface area contributed by atoms with Gasteiger partial charge in [0.1, 0.15) is 16.0 Å². The minimum Gasteiger partial charge on any atom is -0.495 e. The third-order valence-corrected chi connectivity index (χ3v) is 4.84. The van der Waals surface area contributed by atoms with Crippen LogP contribution in [0.25, 0.3) is 0 Å². The minimum atomic E-state index is 0.379. The molecule has 1 aliphatic rings. The van der Waals surface area contributed by atoms with E-state index in [-0.39, 0.29) is 0 Å². The lowest BCUT2D eigenvalue weighted by molar-refractivity contribution is 0.385. The molecule has 1 fully saturated rings. The van der Waals surface area contributed by atoms with Crippen LogP contribution in [0.4, 0.5) is 0 Å². The maximum atomic E-state index is 5.46. The van der Waals surface area contributed by atoms with E-state index in [1.165, 1.54) is 18.4 Å². The molecule has 2 nitrogen and oxygen atoms in total. The number of hydrogen-bond donors (Lipinski definition) is 0. The van der Waals surface area contributed by atoms with Crippen LogP contribution in [-0.4, -0.2) is 14.2 Å². The van der Waals surface area contributed by atoms with Gasteiger partial charge in [0.05, 0.1) is 14.2 Å². The lowest BCUT2D eigenvalue weighted by atomic mass is 10.1. The van der Waals surface area contributed by atoms with E-state index in [2.05, 4.69) is 37.9 Å². The minimum absolute atomic E-state index is 0.379. The molecular formula is C12H14Br2O2. The van der Waals surface area contributed by atoms with Crippen LogP contribution in [0, 0.1) is 5.92 Å². The second kappa shape index (κ2) is 4.96. The summed E-state index contributed by atoms with van der Waals surface area (Å²) in [4.78, 5) is 0.379. The number of rotatable bonds is 4. The Kier molecular flexibility index (Phi) is 3.80. The lowest BCUT2D eigenvalue weighted by Gasteiger charge is -2.16. The summed E-state index contributed by atoms with van der Waals surface area (Å²) in [6.45, 7) is 0. The average Bonchev–Trinajstić information content (AvgIpc) is 3.11. The first-order valence-corrected chi connectivity index (χ1v) is 6.94. The van der Waals surface area contributed by atoms with Gasteiger partial charge in [-0.1, -0.05) is 22.0 Å². The summed E-state index contributed by atoms with van der Waals surface area (Å²) < 4.78 is 11.6. The first-order chi connectivity index (χ1) is 7.69. The normalized spacial score (nSPS) is 17.0. The van der Waals surface area contributed by atoms with Crippen LogP contribution in [-0.2, 0) is 0 Å². The lowest BCUT2D eigenvalue weighted by Crippen LogP contribution is -1.99. The molecule has 1 aliphatic carbocycles. The number of methoxy groups -OCH3 is 2. The van der Waals surface area contributed by atoms with Gasteiger partial charge in [0.2, 0.25) is 0 Å². The summed E-state index contributed by atoms with van der Waals surface area (Å²) in [7, 11) is 3.35. The van der Waals surface area contributed by atoms with E-state index < -0.39 is 0 Å². The fourth-order valence-corrected chi connectivity index (χ4v) is 3.35. The molecule has 1 aromatic carbocycles. The van der Waals surface area contributed by atoms with Crippen LogP contribution in [0.2, 0.25) is 0 Å². The van der Waals surface area contributed by atoms with Crippen molar-refractivity contribution < 1.29 is 9.47 Å². The first-order valence-electron chi connectivity index (χ1n) is 5.23. The van der Waals surface area contributed by atoms with Gasteiger partial charge in [-0.25, -0.2) is 0 Å². The third-order valence-electron chi connectivity index (χ3n) is 2.85. The predicted octanol–water partition coefficient (Wildman–Crippen LogP) is 4.31. The second-order valence-corrected chi connectivity index (χ2v) is 5.72. The highest BCUT2D eigenvalue weighted by Crippen LogP contribution is 2.51. The van der Waals surface area contributed by atoms with Crippen molar-refractivity contribution in [1.82, 2.24) is 0 Å². The van der Waals surface area contributed by atoms with Gasteiger partial charge in [0.25, 0.3) is 0 Å². The van der Waals surface area contributed by atoms with Crippen LogP contribution in [0.15, 0.2) is 16.6 Å². The van der Waals surface area contributed by atoms with Gasteiger partial charge in [-0.15, -0.1) is 0 Å². The van der Waals surface area contributed by atoms with Crippen LogP contribution in [0.1, 0.15) is 23.2 Å². The molecule has 1 aromatic rings. The molecule has 0 heterocycles. The first kappa shape index (κ1) is 12.2. The molecule has 88 valence electrons. The smallest absolute Gasteiger partial charge is 0.141 e. The van der Waals surface area contributed by atoms with Crippen LogP contribution in [0.3, 0.4) is 0 Å². The van der Waals surface area contributed by atoms with Crippen molar-refractivity contribution in [3.05, 3.63) is 22.2 Å². The summed E-state index contributed by atoms with van der Waals surface area (Å²) in [6, 6.07) is 4.04. The third kappa shape index (κ3) is 2.23. The zero-order valence-electron chi connectivity index (χ0n) is 9.30. The SMILES string of the molecule is COc1ccc(C(Br)C2CC2)c(OC)c1Br. The molecular weight excluding hydrogens is 336 g/mol. The Morgan fingerprint density at radius 1 is 1.25 bits per heavy atom. The number of alkyl halides is 1. The molecule has 0 aromatic heterocycles. The van der Waals surface area contributed by atoms with Crippen molar-refractivity contribution in [2.24, 2.45) is 5.92 Å². The number of hydrogen-bond acceptors (Lipinski definition) is 2. The fraction of sp³-hybridized carbons (Fsp3) is 0.500. The molecule has 0 aliphatic heterocycles. The Morgan fingerprint density at radius 3 is 2.44 bits per heavy atom. The number of ether oxygens (including phenoxy) is 2. The van der Waals surface area contributed by atoms with Crippen molar-refractivity contribution in [3.8, 4) is 11.5 Å². The van der Waals surface area contributed by atoms with Crippen LogP contribution >= 0.6 is 31.9 Å². The standard InChI is InChI=1S/C12H14Br2O2/c1-15-9-6-5-8(10(13)7-3-4-7)12(16-2)11(9)14/h5-7,10H,3-4H2,1-2H3. The van der Waals surface area contributed by atoms with Gasteiger partial charge in [0, 0.05) is 10.4 Å². The van der Waals surface area contributed by atoms with Crippen molar-refractivity contribution >= 4 is 31.9 Å². The van der Waals surface area contributed by atoms with Crippen LogP contribution < -0.4 is 9.47 Å². The highest BCUT2D eigenvalue weighted by molar-refractivity contribution is 9.10. The Labute approximate surface area is 113 Å². The van der Waals surface area contributed by atoms with Gasteiger partial charge in [0.15, 0.2) is 0 Å². The summed E-state index contributed by atoms with van der Waals surface area (Å²) in [5.41, 5.74) is 1.19. The summed E-state index contributed by atoms with van der Waals surface area (Å²) in [5, 5.41) is 0. The van der Waals surface area contributed by atoms with Crippen molar-refractivity contribution in [2.45, 2.75) is 17.7 Å². The van der Waals surface area contributed by atoms with Crippen molar-refractivity contribution in [2.75, 3.05) is 14.2 Å². The molecule has 0 spiro atoms. The van der Waals surface area contributed by atoms with Gasteiger partial charge in [-0.3, -0.25) is 0 Å². The maximum absolute atomic E-state index is 5.46. The van der Waals surface area contributed by atoms with E-state index in [0.717, 1.165) is 21.9 Å². The molecule has 0 N–H and O–H groups in total. The predicted molar refractivity (Wildman–Crippen MR) is 71.6 cm³/mol. The molecule has 1 saturated carbocycles. The molecule has 0 radical (unpaired) electrons. The fourth-order valence-electron chi connectivity index (χ4n) is 1.78. The molecule has 1 atom stereocenters. The molecule has 16 heavy (non-hydrogen) atoms. The van der Waals surface area contributed by atoms with E-state index in [0.29, 0.717) is 4.83 Å². The Morgan fingerprint density at radius 2 is 1.94 bits per heavy atom. The van der Waals surface area contributed by atoms with E-state index in [1.807, 2.05) is 6.07 Å². The Bertz CT molecular complexity index is 389. The zero-order valence-corrected chi connectivity index (χ0v) is 12.5. The molecule has 0 amide bonds. The van der Waals surface area contributed by atoms with E-state index in [1.54, 1.807) is 14.2 Å². The highest BCUT2D eigenvalue weighted by atomic mass is 79.9. The number of halogens is 2. The molecule has 1 unspecified atom stereocenters. The van der Waals surface area contributed by atoms with E-state index in [9.17, 15) is 0 Å². The van der Waals surface area contributed by atoms with Crippen LogP contribution in [0.5, 0.6) is 11.5 Å². The van der Waals surface area contributed by atoms with E-state index >= 15 is 0 Å². The van der Waals surface area contributed by atoms with Gasteiger partial charge in [-0.2, -0.15) is 0 Å². The summed E-state index contributed by atoms with van der Waals surface area (Å²) >= 11 is 7.26. The largest absolute Gasteiger partial charge is 0.495 e. The molecule has 4 heteroatoms. The van der Waals surface area contributed by atoms with Gasteiger partial charge >= 0.3 is 0 Å².